The summed E-state index contributed by atoms with van der Waals surface area (Å²) in [6.07, 6.45) is 0. The molecule has 0 nitrogen and oxygen atoms in total. The van der Waals surface area contributed by atoms with Gasteiger partial charge in [0.15, 0.2) is 0 Å². The molecule has 1 heterocycles. The fraction of sp³-hybridized carbons (Fsp3) is 0. The number of hydrogen-bond acceptors (Lipinski definition) is 2. The van der Waals surface area contributed by atoms with Crippen LogP contribution in [0.25, 0.3) is 10.1 Å². The Morgan fingerprint density at radius 2 is 2.17 bits per heavy atom. The zero-order valence-corrected chi connectivity index (χ0v) is 9.90. The second-order valence-corrected chi connectivity index (χ2v) is 5.07. The smallest absolute Gasteiger partial charge is 0.0603 e. The lowest BCUT2D eigenvalue weighted by molar-refractivity contribution is 1.52. The van der Waals surface area contributed by atoms with E-state index in [2.05, 4.69) is 28.6 Å². The molecule has 0 unspecified atom stereocenters. The molecule has 0 aliphatic rings. The van der Waals surface area contributed by atoms with E-state index >= 15 is 0 Å². The molecule has 0 N–H and O–H groups in total. The highest BCUT2D eigenvalue weighted by Gasteiger charge is 2.06. The van der Waals surface area contributed by atoms with Crippen molar-refractivity contribution in [3.63, 3.8) is 0 Å². The number of fused-ring (bicyclic) bond motifs is 1. The summed E-state index contributed by atoms with van der Waals surface area (Å²) in [7, 11) is 0. The third-order valence-electron chi connectivity index (χ3n) is 1.57. The largest absolute Gasteiger partial charge is 0.143 e. The van der Waals surface area contributed by atoms with Crippen LogP contribution in [-0.4, -0.2) is 0 Å². The van der Waals surface area contributed by atoms with Gasteiger partial charge < -0.3 is 0 Å². The maximum Gasteiger partial charge on any atom is 0.0603 e. The van der Waals surface area contributed by atoms with Gasteiger partial charge in [0.25, 0.3) is 0 Å². The fourth-order valence-electron chi connectivity index (χ4n) is 1.07. The lowest BCUT2D eigenvalue weighted by atomic mass is 10.3. The van der Waals surface area contributed by atoms with Gasteiger partial charge in [0.1, 0.15) is 0 Å². The number of thiol groups is 1. The summed E-state index contributed by atoms with van der Waals surface area (Å²) >= 11 is 15.3. The molecule has 0 amide bonds. The van der Waals surface area contributed by atoms with Crippen LogP contribution in [0, 0.1) is 0 Å². The van der Waals surface area contributed by atoms with Crippen LogP contribution in [0.15, 0.2) is 26.9 Å². The van der Waals surface area contributed by atoms with Crippen LogP contribution in [0.3, 0.4) is 0 Å². The molecule has 0 radical (unpaired) electrons. The molecule has 2 aromatic rings. The van der Waals surface area contributed by atoms with Crippen molar-refractivity contribution in [3.8, 4) is 0 Å². The summed E-state index contributed by atoms with van der Waals surface area (Å²) in [5, 5.41) is 3.82. The van der Waals surface area contributed by atoms with Crippen LogP contribution in [0.4, 0.5) is 0 Å². The quantitative estimate of drug-likeness (QED) is 0.669. The second kappa shape index (κ2) is 3.22. The Balaban J connectivity index is 2.93. The molecular formula is C8H4BrClS2. The summed E-state index contributed by atoms with van der Waals surface area (Å²) in [5.41, 5.74) is 0. The molecular weight excluding hydrogens is 276 g/mol. The Morgan fingerprint density at radius 1 is 1.42 bits per heavy atom. The van der Waals surface area contributed by atoms with Crippen LogP contribution >= 0.6 is 51.5 Å². The van der Waals surface area contributed by atoms with E-state index in [-0.39, 0.29) is 0 Å². The maximum absolute atomic E-state index is 5.99. The average Bonchev–Trinajstić information content (AvgIpc) is 2.31. The number of halogens is 2. The average molecular weight is 280 g/mol. The molecule has 0 atom stereocenters. The number of rotatable bonds is 0. The van der Waals surface area contributed by atoms with E-state index in [9.17, 15) is 0 Å². The van der Waals surface area contributed by atoms with Gasteiger partial charge in [0.05, 0.1) is 5.02 Å². The summed E-state index contributed by atoms with van der Waals surface area (Å²) in [6.45, 7) is 0. The van der Waals surface area contributed by atoms with Crippen LogP contribution in [0.5, 0.6) is 0 Å². The van der Waals surface area contributed by atoms with Gasteiger partial charge in [-0.25, -0.2) is 0 Å². The van der Waals surface area contributed by atoms with Gasteiger partial charge in [-0.3, -0.25) is 0 Å². The number of benzene rings is 1. The van der Waals surface area contributed by atoms with Crippen molar-refractivity contribution >= 4 is 61.6 Å². The van der Waals surface area contributed by atoms with Crippen molar-refractivity contribution in [1.82, 2.24) is 0 Å². The molecule has 0 saturated heterocycles. The normalized spacial score (nSPS) is 10.9. The first-order valence-corrected chi connectivity index (χ1v) is 5.73. The van der Waals surface area contributed by atoms with E-state index in [1.165, 1.54) is 4.70 Å². The molecule has 2 rings (SSSR count). The Morgan fingerprint density at radius 3 is 2.92 bits per heavy atom. The molecule has 4 heteroatoms. The van der Waals surface area contributed by atoms with Crippen molar-refractivity contribution in [3.05, 3.63) is 27.0 Å². The maximum atomic E-state index is 5.99. The van der Waals surface area contributed by atoms with E-state index in [0.717, 1.165) is 19.8 Å². The van der Waals surface area contributed by atoms with Gasteiger partial charge in [-0.05, 0) is 12.1 Å². The molecule has 0 aliphatic heterocycles. The summed E-state index contributed by atoms with van der Waals surface area (Å²) in [5.74, 6) is 0. The SMILES string of the molecule is Sc1cc(Br)c2c(Cl)csc2c1. The zero-order chi connectivity index (χ0) is 8.72. The van der Waals surface area contributed by atoms with E-state index < -0.39 is 0 Å². The van der Waals surface area contributed by atoms with Gasteiger partial charge in [-0.1, -0.05) is 27.5 Å². The van der Waals surface area contributed by atoms with E-state index in [1.807, 2.05) is 17.5 Å². The molecule has 0 fully saturated rings. The lowest BCUT2D eigenvalue weighted by Gasteiger charge is -1.96. The molecule has 0 spiro atoms. The van der Waals surface area contributed by atoms with E-state index in [0.29, 0.717) is 0 Å². The Labute approximate surface area is 93.1 Å². The summed E-state index contributed by atoms with van der Waals surface area (Å²) in [6, 6.07) is 3.96. The summed E-state index contributed by atoms with van der Waals surface area (Å²) in [4.78, 5) is 0.952. The first-order valence-electron chi connectivity index (χ1n) is 3.23. The molecule has 0 aliphatic carbocycles. The van der Waals surface area contributed by atoms with Crippen molar-refractivity contribution in [2.24, 2.45) is 0 Å². The van der Waals surface area contributed by atoms with Crippen molar-refractivity contribution in [2.75, 3.05) is 0 Å². The van der Waals surface area contributed by atoms with Crippen molar-refractivity contribution < 1.29 is 0 Å². The van der Waals surface area contributed by atoms with Gasteiger partial charge >= 0.3 is 0 Å². The molecule has 62 valence electrons. The van der Waals surface area contributed by atoms with Crippen LogP contribution < -0.4 is 0 Å². The number of hydrogen-bond donors (Lipinski definition) is 1. The van der Waals surface area contributed by atoms with Crippen LogP contribution in [-0.2, 0) is 0 Å². The first kappa shape index (κ1) is 8.88. The topological polar surface area (TPSA) is 0 Å². The Hall–Kier alpha value is 0.300. The number of thiophene rings is 1. The highest BCUT2D eigenvalue weighted by molar-refractivity contribution is 9.10. The first-order chi connectivity index (χ1) is 5.68. The summed E-state index contributed by atoms with van der Waals surface area (Å²) < 4.78 is 2.18. The third-order valence-corrected chi connectivity index (χ3v) is 3.81. The van der Waals surface area contributed by atoms with Crippen molar-refractivity contribution in [2.45, 2.75) is 4.90 Å². The zero-order valence-electron chi connectivity index (χ0n) is 5.84. The Bertz CT molecular complexity index is 436. The monoisotopic (exact) mass is 278 g/mol. The molecule has 0 bridgehead atoms. The standard InChI is InChI=1S/C8H4BrClS2/c9-5-1-4(11)2-7-8(5)6(10)3-12-7/h1-3,11H. The second-order valence-electron chi connectivity index (χ2n) is 2.38. The van der Waals surface area contributed by atoms with E-state index in [1.54, 1.807) is 11.3 Å². The van der Waals surface area contributed by atoms with Crippen LogP contribution in [0.1, 0.15) is 0 Å². The van der Waals surface area contributed by atoms with Gasteiger partial charge in [0, 0.05) is 24.8 Å². The molecule has 1 aromatic carbocycles. The highest BCUT2D eigenvalue weighted by atomic mass is 79.9. The molecule has 1 aromatic heterocycles. The van der Waals surface area contributed by atoms with E-state index in [4.69, 9.17) is 11.6 Å². The Kier molecular flexibility index (Phi) is 2.38. The van der Waals surface area contributed by atoms with Gasteiger partial charge in [-0.2, -0.15) is 0 Å². The van der Waals surface area contributed by atoms with Gasteiger partial charge in [-0.15, -0.1) is 24.0 Å². The van der Waals surface area contributed by atoms with Gasteiger partial charge in [0.2, 0.25) is 0 Å². The minimum Gasteiger partial charge on any atom is -0.143 e. The predicted octanol–water partition coefficient (Wildman–Crippen LogP) is 4.61. The predicted molar refractivity (Wildman–Crippen MR) is 61.8 cm³/mol. The lowest BCUT2D eigenvalue weighted by Crippen LogP contribution is -1.69. The highest BCUT2D eigenvalue weighted by Crippen LogP contribution is 2.37. The minimum atomic E-state index is 0.801. The molecule has 0 saturated carbocycles. The fourth-order valence-corrected chi connectivity index (χ4v) is 3.78. The third kappa shape index (κ3) is 1.39. The molecule has 12 heavy (non-hydrogen) atoms. The minimum absolute atomic E-state index is 0.801. The van der Waals surface area contributed by atoms with Crippen molar-refractivity contribution in [1.29, 1.82) is 0 Å². The van der Waals surface area contributed by atoms with Crippen LogP contribution in [0.2, 0.25) is 5.02 Å².